The lowest BCUT2D eigenvalue weighted by molar-refractivity contribution is 0.100. The molecule has 0 saturated heterocycles. The molecular weight excluding hydrogens is 184 g/mol. The van der Waals surface area contributed by atoms with Crippen LogP contribution in [0.3, 0.4) is 0 Å². The zero-order valence-corrected chi connectivity index (χ0v) is 9.52. The molecular formula is C10H22O2S. The van der Waals surface area contributed by atoms with Gasteiger partial charge in [0.1, 0.15) is 0 Å². The Labute approximate surface area is 87.4 Å². The zero-order chi connectivity index (χ0) is 9.78. The molecule has 0 saturated carbocycles. The van der Waals surface area contributed by atoms with Gasteiger partial charge in [0.05, 0.1) is 0 Å². The number of hydrogen-bond donors (Lipinski definition) is 1. The Morgan fingerprint density at radius 2 is 1.54 bits per heavy atom. The first-order valence-corrected chi connectivity index (χ1v) is 5.72. The number of methoxy groups -OCH3 is 1. The van der Waals surface area contributed by atoms with Gasteiger partial charge in [-0.05, 0) is 25.0 Å². The Morgan fingerprint density at radius 1 is 0.846 bits per heavy atom. The average molecular weight is 206 g/mol. The van der Waals surface area contributed by atoms with E-state index >= 15 is 0 Å². The Kier molecular flexibility index (Phi) is 12.5. The van der Waals surface area contributed by atoms with Crippen LogP contribution in [0.5, 0.6) is 0 Å². The number of rotatable bonds is 10. The topological polar surface area (TPSA) is 18.5 Å². The fourth-order valence-electron chi connectivity index (χ4n) is 1.08. The summed E-state index contributed by atoms with van der Waals surface area (Å²) in [7, 11) is 1.72. The molecule has 0 aliphatic heterocycles. The van der Waals surface area contributed by atoms with Gasteiger partial charge in [-0.3, -0.25) is 0 Å². The predicted octanol–water partition coefficient (Wildman–Crippen LogP) is 2.53. The summed E-state index contributed by atoms with van der Waals surface area (Å²) >= 11 is 4.16. The Hall–Kier alpha value is 0.270. The molecule has 0 heterocycles. The van der Waals surface area contributed by atoms with Crippen LogP contribution in [0.1, 0.15) is 32.1 Å². The standard InChI is InChI=1S/C10H22O2S/c1-11-7-6-9-12-8-4-2-3-5-10-13/h13H,2-10H2,1H3. The normalized spacial score (nSPS) is 10.6. The molecule has 0 aromatic heterocycles. The SMILES string of the molecule is COCCCOCCCCCCS. The molecule has 3 heteroatoms. The van der Waals surface area contributed by atoms with Crippen LogP contribution in [0.15, 0.2) is 0 Å². The molecule has 80 valence electrons. The third-order valence-electron chi connectivity index (χ3n) is 1.83. The van der Waals surface area contributed by atoms with Gasteiger partial charge in [-0.1, -0.05) is 12.8 Å². The summed E-state index contributed by atoms with van der Waals surface area (Å²) < 4.78 is 10.3. The second kappa shape index (κ2) is 12.3. The van der Waals surface area contributed by atoms with Crippen LogP contribution < -0.4 is 0 Å². The van der Waals surface area contributed by atoms with E-state index in [2.05, 4.69) is 12.6 Å². The average Bonchev–Trinajstić information content (AvgIpc) is 2.16. The predicted molar refractivity (Wildman–Crippen MR) is 59.6 cm³/mol. The van der Waals surface area contributed by atoms with Crippen molar-refractivity contribution in [1.29, 1.82) is 0 Å². The van der Waals surface area contributed by atoms with Crippen molar-refractivity contribution in [3.05, 3.63) is 0 Å². The van der Waals surface area contributed by atoms with E-state index < -0.39 is 0 Å². The Bertz CT molecular complexity index is 79.0. The van der Waals surface area contributed by atoms with Crippen LogP contribution in [-0.2, 0) is 9.47 Å². The molecule has 0 rings (SSSR count). The first-order valence-electron chi connectivity index (χ1n) is 5.09. The molecule has 2 nitrogen and oxygen atoms in total. The van der Waals surface area contributed by atoms with Gasteiger partial charge >= 0.3 is 0 Å². The minimum atomic E-state index is 0.805. The minimum Gasteiger partial charge on any atom is -0.385 e. The summed E-state index contributed by atoms with van der Waals surface area (Å²) in [6.45, 7) is 2.54. The summed E-state index contributed by atoms with van der Waals surface area (Å²) in [4.78, 5) is 0. The molecule has 0 aromatic carbocycles. The molecule has 0 aliphatic carbocycles. The molecule has 0 amide bonds. The lowest BCUT2D eigenvalue weighted by Crippen LogP contribution is -2.00. The van der Waals surface area contributed by atoms with E-state index in [0.29, 0.717) is 0 Å². The molecule has 0 spiro atoms. The second-order valence-electron chi connectivity index (χ2n) is 3.10. The number of thiol groups is 1. The lowest BCUT2D eigenvalue weighted by atomic mass is 10.2. The lowest BCUT2D eigenvalue weighted by Gasteiger charge is -2.03. The third kappa shape index (κ3) is 12.3. The summed E-state index contributed by atoms with van der Waals surface area (Å²) in [5, 5.41) is 0. The summed E-state index contributed by atoms with van der Waals surface area (Å²) in [6, 6.07) is 0. The monoisotopic (exact) mass is 206 g/mol. The van der Waals surface area contributed by atoms with Crippen molar-refractivity contribution in [2.75, 3.05) is 32.7 Å². The maximum atomic E-state index is 5.42. The molecule has 0 bridgehead atoms. The van der Waals surface area contributed by atoms with E-state index in [1.165, 1.54) is 25.7 Å². The van der Waals surface area contributed by atoms with Gasteiger partial charge in [0.25, 0.3) is 0 Å². The molecule has 13 heavy (non-hydrogen) atoms. The van der Waals surface area contributed by atoms with Gasteiger partial charge in [-0.15, -0.1) is 0 Å². The van der Waals surface area contributed by atoms with Gasteiger partial charge in [0.15, 0.2) is 0 Å². The highest BCUT2D eigenvalue weighted by molar-refractivity contribution is 7.80. The molecule has 0 atom stereocenters. The fourth-order valence-corrected chi connectivity index (χ4v) is 1.30. The maximum absolute atomic E-state index is 5.42. The van der Waals surface area contributed by atoms with E-state index in [1.54, 1.807) is 7.11 Å². The van der Waals surface area contributed by atoms with Gasteiger partial charge in [0.2, 0.25) is 0 Å². The summed E-state index contributed by atoms with van der Waals surface area (Å²) in [5.74, 6) is 1.01. The second-order valence-corrected chi connectivity index (χ2v) is 3.54. The highest BCUT2D eigenvalue weighted by Gasteiger charge is 1.90. The number of ether oxygens (including phenoxy) is 2. The minimum absolute atomic E-state index is 0.805. The highest BCUT2D eigenvalue weighted by atomic mass is 32.1. The van der Waals surface area contributed by atoms with Crippen molar-refractivity contribution in [2.24, 2.45) is 0 Å². The van der Waals surface area contributed by atoms with Crippen molar-refractivity contribution in [3.63, 3.8) is 0 Å². The van der Waals surface area contributed by atoms with E-state index in [0.717, 1.165) is 32.0 Å². The van der Waals surface area contributed by atoms with Gasteiger partial charge in [-0.2, -0.15) is 12.6 Å². The first kappa shape index (κ1) is 13.3. The Balaban J connectivity index is 2.76. The number of unbranched alkanes of at least 4 members (excludes halogenated alkanes) is 3. The van der Waals surface area contributed by atoms with E-state index in [-0.39, 0.29) is 0 Å². The summed E-state index contributed by atoms with van der Waals surface area (Å²) in [6.07, 6.45) is 5.97. The maximum Gasteiger partial charge on any atom is 0.0487 e. The van der Waals surface area contributed by atoms with Crippen LogP contribution in [0.25, 0.3) is 0 Å². The van der Waals surface area contributed by atoms with E-state index in [1.807, 2.05) is 0 Å². The van der Waals surface area contributed by atoms with E-state index in [9.17, 15) is 0 Å². The fraction of sp³-hybridized carbons (Fsp3) is 1.00. The molecule has 0 fully saturated rings. The quantitative estimate of drug-likeness (QED) is 0.437. The van der Waals surface area contributed by atoms with Crippen LogP contribution in [0.4, 0.5) is 0 Å². The van der Waals surface area contributed by atoms with Crippen LogP contribution in [0.2, 0.25) is 0 Å². The van der Waals surface area contributed by atoms with Crippen LogP contribution >= 0.6 is 12.6 Å². The largest absolute Gasteiger partial charge is 0.385 e. The summed E-state index contributed by atoms with van der Waals surface area (Å²) in [5.41, 5.74) is 0. The smallest absolute Gasteiger partial charge is 0.0487 e. The molecule has 0 aromatic rings. The van der Waals surface area contributed by atoms with Gasteiger partial charge < -0.3 is 9.47 Å². The number of hydrogen-bond acceptors (Lipinski definition) is 3. The van der Waals surface area contributed by atoms with E-state index in [4.69, 9.17) is 9.47 Å². The molecule has 0 unspecified atom stereocenters. The van der Waals surface area contributed by atoms with Gasteiger partial charge in [0, 0.05) is 26.9 Å². The highest BCUT2D eigenvalue weighted by Crippen LogP contribution is 2.01. The third-order valence-corrected chi connectivity index (χ3v) is 2.15. The van der Waals surface area contributed by atoms with Crippen LogP contribution in [-0.4, -0.2) is 32.7 Å². The Morgan fingerprint density at radius 3 is 2.23 bits per heavy atom. The van der Waals surface area contributed by atoms with Crippen molar-refractivity contribution in [3.8, 4) is 0 Å². The molecule has 0 radical (unpaired) electrons. The van der Waals surface area contributed by atoms with Crippen LogP contribution in [0, 0.1) is 0 Å². The van der Waals surface area contributed by atoms with Crippen molar-refractivity contribution < 1.29 is 9.47 Å². The zero-order valence-electron chi connectivity index (χ0n) is 8.63. The molecule has 0 aliphatic rings. The van der Waals surface area contributed by atoms with Crippen molar-refractivity contribution in [2.45, 2.75) is 32.1 Å². The molecule has 0 N–H and O–H groups in total. The van der Waals surface area contributed by atoms with Crippen molar-refractivity contribution in [1.82, 2.24) is 0 Å². The first-order chi connectivity index (χ1) is 6.41. The van der Waals surface area contributed by atoms with Crippen molar-refractivity contribution >= 4 is 12.6 Å². The van der Waals surface area contributed by atoms with Gasteiger partial charge in [-0.25, -0.2) is 0 Å².